The van der Waals surface area contributed by atoms with Crippen LogP contribution in [0.2, 0.25) is 0 Å². The van der Waals surface area contributed by atoms with Gasteiger partial charge in [-0.25, -0.2) is 0 Å². The van der Waals surface area contributed by atoms with E-state index in [2.05, 4.69) is 0 Å². The zero-order chi connectivity index (χ0) is 8.10. The van der Waals surface area contributed by atoms with Crippen LogP contribution in [-0.4, -0.2) is 12.3 Å². The van der Waals surface area contributed by atoms with Crippen molar-refractivity contribution in [1.29, 1.82) is 0 Å². The number of rotatable bonds is 3. The third-order valence-corrected chi connectivity index (χ3v) is 1.18. The number of nitrogens with two attached hydrogens (primary N) is 1. The summed E-state index contributed by atoms with van der Waals surface area (Å²) in [5.74, 6) is 0.549. The molecule has 0 bridgehead atoms. The highest BCUT2D eigenvalue weighted by atomic mass is 16.3. The van der Waals surface area contributed by atoms with Gasteiger partial charge in [0.1, 0.15) is 5.76 Å². The van der Waals surface area contributed by atoms with Crippen LogP contribution in [0.15, 0.2) is 28.9 Å². The zero-order valence-corrected chi connectivity index (χ0v) is 5.99. The summed E-state index contributed by atoms with van der Waals surface area (Å²) in [5, 5.41) is 0. The summed E-state index contributed by atoms with van der Waals surface area (Å²) in [4.78, 5) is 10.7. The minimum absolute atomic E-state index is 0.0389. The topological polar surface area (TPSA) is 56.2 Å². The van der Waals surface area contributed by atoms with Gasteiger partial charge >= 0.3 is 0 Å². The molecular weight excluding hydrogens is 142 g/mol. The molecule has 58 valence electrons. The van der Waals surface area contributed by atoms with Gasteiger partial charge in [-0.1, -0.05) is 0 Å². The first-order valence-corrected chi connectivity index (χ1v) is 3.27. The second kappa shape index (κ2) is 3.73. The van der Waals surface area contributed by atoms with E-state index < -0.39 is 0 Å². The van der Waals surface area contributed by atoms with E-state index in [1.807, 2.05) is 0 Å². The van der Waals surface area contributed by atoms with Crippen LogP contribution in [0.1, 0.15) is 5.76 Å². The van der Waals surface area contributed by atoms with Crippen molar-refractivity contribution in [3.8, 4) is 0 Å². The van der Waals surface area contributed by atoms with E-state index in [1.54, 1.807) is 24.5 Å². The van der Waals surface area contributed by atoms with E-state index in [-0.39, 0.29) is 12.3 Å². The van der Waals surface area contributed by atoms with Crippen molar-refractivity contribution in [2.75, 3.05) is 6.54 Å². The van der Waals surface area contributed by atoms with Gasteiger partial charge in [-0.05, 0) is 24.3 Å². The SMILES string of the molecule is NCC(=O)/C=C/c1ccco1. The molecule has 0 spiro atoms. The molecule has 0 saturated heterocycles. The van der Waals surface area contributed by atoms with E-state index in [1.165, 1.54) is 6.08 Å². The molecule has 0 aliphatic rings. The predicted octanol–water partition coefficient (Wildman–Crippen LogP) is 0.821. The van der Waals surface area contributed by atoms with Gasteiger partial charge in [0.2, 0.25) is 0 Å². The van der Waals surface area contributed by atoms with E-state index in [4.69, 9.17) is 10.2 Å². The first-order chi connectivity index (χ1) is 5.33. The maximum atomic E-state index is 10.7. The van der Waals surface area contributed by atoms with Crippen LogP contribution in [0.4, 0.5) is 0 Å². The number of hydrogen-bond donors (Lipinski definition) is 1. The number of hydrogen-bond acceptors (Lipinski definition) is 3. The average molecular weight is 151 g/mol. The molecule has 0 aliphatic heterocycles. The summed E-state index contributed by atoms with van der Waals surface area (Å²) in [6.45, 7) is 0.0389. The summed E-state index contributed by atoms with van der Waals surface area (Å²) < 4.78 is 4.95. The van der Waals surface area contributed by atoms with Crippen molar-refractivity contribution < 1.29 is 9.21 Å². The van der Waals surface area contributed by atoms with Crippen molar-refractivity contribution in [2.24, 2.45) is 5.73 Å². The predicted molar refractivity (Wildman–Crippen MR) is 41.8 cm³/mol. The first kappa shape index (κ1) is 7.75. The summed E-state index contributed by atoms with van der Waals surface area (Å²) >= 11 is 0. The van der Waals surface area contributed by atoms with E-state index >= 15 is 0 Å². The summed E-state index contributed by atoms with van der Waals surface area (Å²) in [6, 6.07) is 3.52. The lowest BCUT2D eigenvalue weighted by Gasteiger charge is -1.83. The molecule has 0 unspecified atom stereocenters. The van der Waals surface area contributed by atoms with E-state index in [0.29, 0.717) is 5.76 Å². The lowest BCUT2D eigenvalue weighted by Crippen LogP contribution is -2.09. The molecule has 3 nitrogen and oxygen atoms in total. The zero-order valence-electron chi connectivity index (χ0n) is 5.99. The molecule has 1 aromatic rings. The molecule has 3 heteroatoms. The summed E-state index contributed by atoms with van der Waals surface area (Å²) in [5.41, 5.74) is 5.08. The molecular formula is C8H9NO2. The maximum absolute atomic E-state index is 10.7. The Labute approximate surface area is 64.5 Å². The minimum Gasteiger partial charge on any atom is -0.465 e. The van der Waals surface area contributed by atoms with Crippen molar-refractivity contribution in [3.05, 3.63) is 30.2 Å². The van der Waals surface area contributed by atoms with Gasteiger partial charge < -0.3 is 10.2 Å². The Balaban J connectivity index is 2.55. The Hall–Kier alpha value is -1.35. The molecule has 0 atom stereocenters. The lowest BCUT2D eigenvalue weighted by atomic mass is 10.3. The number of furan rings is 1. The van der Waals surface area contributed by atoms with Crippen LogP contribution >= 0.6 is 0 Å². The Morgan fingerprint density at radius 2 is 2.55 bits per heavy atom. The highest BCUT2D eigenvalue weighted by Crippen LogP contribution is 2.01. The number of ketones is 1. The van der Waals surface area contributed by atoms with Gasteiger partial charge in [0, 0.05) is 0 Å². The summed E-state index contributed by atoms with van der Waals surface area (Å²) in [6.07, 6.45) is 4.54. The Bertz CT molecular complexity index is 249. The van der Waals surface area contributed by atoms with Crippen LogP contribution < -0.4 is 5.73 Å². The molecule has 0 fully saturated rings. The van der Waals surface area contributed by atoms with Crippen LogP contribution in [-0.2, 0) is 4.79 Å². The second-order valence-electron chi connectivity index (χ2n) is 2.02. The third kappa shape index (κ3) is 2.39. The van der Waals surface area contributed by atoms with Gasteiger partial charge in [-0.15, -0.1) is 0 Å². The van der Waals surface area contributed by atoms with Crippen LogP contribution in [0.25, 0.3) is 6.08 Å². The fourth-order valence-electron chi connectivity index (χ4n) is 0.629. The molecule has 1 rings (SSSR count). The van der Waals surface area contributed by atoms with Gasteiger partial charge in [-0.2, -0.15) is 0 Å². The molecule has 11 heavy (non-hydrogen) atoms. The van der Waals surface area contributed by atoms with Crippen LogP contribution in [0.5, 0.6) is 0 Å². The highest BCUT2D eigenvalue weighted by molar-refractivity contribution is 5.94. The van der Waals surface area contributed by atoms with Crippen LogP contribution in [0.3, 0.4) is 0 Å². The third-order valence-electron chi connectivity index (χ3n) is 1.18. The van der Waals surface area contributed by atoms with E-state index in [9.17, 15) is 4.79 Å². The monoisotopic (exact) mass is 151 g/mol. The Morgan fingerprint density at radius 3 is 3.09 bits per heavy atom. The van der Waals surface area contributed by atoms with Crippen molar-refractivity contribution in [1.82, 2.24) is 0 Å². The first-order valence-electron chi connectivity index (χ1n) is 3.27. The molecule has 0 aromatic carbocycles. The normalized spacial score (nSPS) is 10.6. The highest BCUT2D eigenvalue weighted by Gasteiger charge is 1.91. The van der Waals surface area contributed by atoms with Gasteiger partial charge in [0.05, 0.1) is 12.8 Å². The largest absolute Gasteiger partial charge is 0.465 e. The van der Waals surface area contributed by atoms with E-state index in [0.717, 1.165) is 0 Å². The lowest BCUT2D eigenvalue weighted by molar-refractivity contribution is -0.113. The minimum atomic E-state index is -0.110. The van der Waals surface area contributed by atoms with Gasteiger partial charge in [0.15, 0.2) is 5.78 Å². The summed E-state index contributed by atoms with van der Waals surface area (Å²) in [7, 11) is 0. The number of carbonyl (C=O) groups is 1. The molecule has 1 aromatic heterocycles. The number of carbonyl (C=O) groups excluding carboxylic acids is 1. The van der Waals surface area contributed by atoms with Crippen molar-refractivity contribution in [3.63, 3.8) is 0 Å². The maximum Gasteiger partial charge on any atom is 0.169 e. The Morgan fingerprint density at radius 1 is 1.73 bits per heavy atom. The van der Waals surface area contributed by atoms with Gasteiger partial charge in [0.25, 0.3) is 0 Å². The molecule has 0 saturated carbocycles. The molecule has 0 radical (unpaired) electrons. The second-order valence-corrected chi connectivity index (χ2v) is 2.02. The Kier molecular flexibility index (Phi) is 2.63. The average Bonchev–Trinajstić information content (AvgIpc) is 2.52. The van der Waals surface area contributed by atoms with Gasteiger partial charge in [-0.3, -0.25) is 4.79 Å². The quantitative estimate of drug-likeness (QED) is 0.650. The molecule has 2 N–H and O–H groups in total. The standard InChI is InChI=1S/C8H9NO2/c9-6-7(10)3-4-8-2-1-5-11-8/h1-5H,6,9H2/b4-3+. The fourth-order valence-corrected chi connectivity index (χ4v) is 0.629. The van der Waals surface area contributed by atoms with Crippen molar-refractivity contribution >= 4 is 11.9 Å². The fraction of sp³-hybridized carbons (Fsp3) is 0.125. The van der Waals surface area contributed by atoms with Crippen molar-refractivity contribution in [2.45, 2.75) is 0 Å². The molecule has 0 amide bonds. The molecule has 1 heterocycles. The van der Waals surface area contributed by atoms with Crippen LogP contribution in [0, 0.1) is 0 Å². The smallest absolute Gasteiger partial charge is 0.169 e. The molecule has 0 aliphatic carbocycles.